The number of alkyl halides is 3. The predicted octanol–water partition coefficient (Wildman–Crippen LogP) is 0.774. The number of halogens is 3. The molecule has 1 aromatic heterocycles. The fraction of sp³-hybridized carbons (Fsp3) is 0.400. The number of carboxylic acid groups (broad SMARTS) is 1. The van der Waals surface area contributed by atoms with E-state index in [-0.39, 0.29) is 0 Å². The fourth-order valence-electron chi connectivity index (χ4n) is 1.12. The van der Waals surface area contributed by atoms with Gasteiger partial charge in [-0.3, -0.25) is 4.79 Å². The summed E-state index contributed by atoms with van der Waals surface area (Å²) >= 11 is 0. The van der Waals surface area contributed by atoms with Crippen LogP contribution in [0.5, 0.6) is 5.88 Å². The normalized spacial score (nSPS) is 13.7. The minimum Gasteiger partial charge on any atom is -0.480 e. The van der Waals surface area contributed by atoms with Crippen molar-refractivity contribution >= 4 is 16.0 Å². The van der Waals surface area contributed by atoms with Crippen LogP contribution in [0.3, 0.4) is 0 Å². The van der Waals surface area contributed by atoms with Crippen LogP contribution in [-0.2, 0) is 14.8 Å². The largest absolute Gasteiger partial charge is 0.480 e. The molecule has 0 saturated heterocycles. The summed E-state index contributed by atoms with van der Waals surface area (Å²) in [6.07, 6.45) is -3.77. The number of nitrogens with zero attached hydrogens (tertiary/aromatic N) is 1. The Morgan fingerprint density at radius 2 is 2.10 bits per heavy atom. The van der Waals surface area contributed by atoms with Gasteiger partial charge in [0.25, 0.3) is 0 Å². The molecule has 0 aliphatic rings. The summed E-state index contributed by atoms with van der Waals surface area (Å²) in [6.45, 7) is -0.436. The Balaban J connectivity index is 2.79. The van der Waals surface area contributed by atoms with Crippen LogP contribution in [0.25, 0.3) is 0 Å². The molecule has 2 N–H and O–H groups in total. The van der Waals surface area contributed by atoms with Gasteiger partial charge in [-0.15, -0.1) is 0 Å². The van der Waals surface area contributed by atoms with E-state index in [9.17, 15) is 26.4 Å². The van der Waals surface area contributed by atoms with Crippen LogP contribution in [-0.4, -0.2) is 43.3 Å². The minimum atomic E-state index is -4.54. The van der Waals surface area contributed by atoms with E-state index in [1.807, 2.05) is 4.72 Å². The van der Waals surface area contributed by atoms with Crippen LogP contribution >= 0.6 is 0 Å². The van der Waals surface area contributed by atoms with Crippen LogP contribution in [0, 0.1) is 0 Å². The molecule has 0 saturated carbocycles. The number of aliphatic carboxylic acids is 1. The van der Waals surface area contributed by atoms with Gasteiger partial charge in [0, 0.05) is 6.07 Å². The summed E-state index contributed by atoms with van der Waals surface area (Å²) in [5.74, 6) is -1.78. The number of carboxylic acids is 1. The van der Waals surface area contributed by atoms with Gasteiger partial charge >= 0.3 is 12.1 Å². The van der Waals surface area contributed by atoms with Gasteiger partial charge in [-0.25, -0.2) is 13.4 Å². The molecule has 1 unspecified atom stereocenters. The van der Waals surface area contributed by atoms with Gasteiger partial charge in [0.05, 0.1) is 6.20 Å². The van der Waals surface area contributed by atoms with E-state index in [0.29, 0.717) is 0 Å². The van der Waals surface area contributed by atoms with Crippen LogP contribution in [0.2, 0.25) is 0 Å². The molecule has 1 aromatic rings. The fourth-order valence-corrected chi connectivity index (χ4v) is 2.26. The van der Waals surface area contributed by atoms with Gasteiger partial charge < -0.3 is 9.84 Å². The van der Waals surface area contributed by atoms with Crippen molar-refractivity contribution in [1.29, 1.82) is 0 Å². The third-order valence-electron chi connectivity index (χ3n) is 2.11. The minimum absolute atomic E-state index is 0.394. The molecule has 118 valence electrons. The van der Waals surface area contributed by atoms with Crippen molar-refractivity contribution in [3.8, 4) is 5.88 Å². The number of carbonyl (C=O) groups is 1. The lowest BCUT2D eigenvalue weighted by atomic mass is 10.4. The number of hydrogen-bond acceptors (Lipinski definition) is 5. The summed E-state index contributed by atoms with van der Waals surface area (Å²) in [7, 11) is -4.14. The Morgan fingerprint density at radius 1 is 1.48 bits per heavy atom. The molecule has 0 aliphatic heterocycles. The molecule has 0 bridgehead atoms. The number of pyridine rings is 1. The maximum atomic E-state index is 11.9. The average molecular weight is 328 g/mol. The first-order chi connectivity index (χ1) is 9.51. The predicted molar refractivity (Wildman–Crippen MR) is 63.2 cm³/mol. The number of hydrogen-bond donors (Lipinski definition) is 2. The number of ether oxygens (including phenoxy) is 1. The lowest BCUT2D eigenvalue weighted by Gasteiger charge is -2.11. The quantitative estimate of drug-likeness (QED) is 0.799. The zero-order valence-corrected chi connectivity index (χ0v) is 11.4. The smallest absolute Gasteiger partial charge is 0.422 e. The molecule has 1 heterocycles. The van der Waals surface area contributed by atoms with Gasteiger partial charge in [0.15, 0.2) is 6.61 Å². The molecule has 0 amide bonds. The molecule has 0 spiro atoms. The second-order valence-corrected chi connectivity index (χ2v) is 5.63. The van der Waals surface area contributed by atoms with Gasteiger partial charge in [-0.1, -0.05) is 0 Å². The van der Waals surface area contributed by atoms with Crippen molar-refractivity contribution in [1.82, 2.24) is 9.71 Å². The van der Waals surface area contributed by atoms with E-state index in [1.165, 1.54) is 0 Å². The van der Waals surface area contributed by atoms with Crippen LogP contribution in [0.15, 0.2) is 23.2 Å². The first-order valence-corrected chi connectivity index (χ1v) is 6.90. The van der Waals surface area contributed by atoms with Crippen molar-refractivity contribution in [2.75, 3.05) is 6.61 Å². The Hall–Kier alpha value is -1.88. The molecular weight excluding hydrogens is 317 g/mol. The molecule has 1 rings (SSSR count). The zero-order valence-electron chi connectivity index (χ0n) is 10.6. The summed E-state index contributed by atoms with van der Waals surface area (Å²) in [5.41, 5.74) is 0. The summed E-state index contributed by atoms with van der Waals surface area (Å²) in [4.78, 5) is 13.6. The highest BCUT2D eigenvalue weighted by Crippen LogP contribution is 2.18. The molecule has 7 nitrogen and oxygen atoms in total. The van der Waals surface area contributed by atoms with Crippen LogP contribution in [0.4, 0.5) is 13.2 Å². The lowest BCUT2D eigenvalue weighted by Crippen LogP contribution is -2.38. The number of nitrogens with one attached hydrogen (secondary N) is 1. The maximum absolute atomic E-state index is 11.9. The molecule has 0 aromatic carbocycles. The number of rotatable bonds is 6. The Morgan fingerprint density at radius 3 is 2.52 bits per heavy atom. The first-order valence-electron chi connectivity index (χ1n) is 5.42. The van der Waals surface area contributed by atoms with Gasteiger partial charge in [0.1, 0.15) is 10.9 Å². The molecule has 0 aliphatic carbocycles. The average Bonchev–Trinajstić information content (AvgIpc) is 2.35. The van der Waals surface area contributed by atoms with E-state index in [1.54, 1.807) is 0 Å². The Labute approximate surface area is 117 Å². The monoisotopic (exact) mass is 328 g/mol. The molecular formula is C10H11F3N2O5S. The summed E-state index contributed by atoms with van der Waals surface area (Å²) < 4.78 is 65.4. The summed E-state index contributed by atoms with van der Waals surface area (Å²) in [6, 6.07) is 0.526. The molecule has 1 atom stereocenters. The first kappa shape index (κ1) is 17.2. The topological polar surface area (TPSA) is 106 Å². The molecule has 0 radical (unpaired) electrons. The number of aromatic nitrogens is 1. The van der Waals surface area contributed by atoms with Gasteiger partial charge in [-0.2, -0.15) is 17.9 Å². The Kier molecular flexibility index (Phi) is 5.12. The van der Waals surface area contributed by atoms with Crippen molar-refractivity contribution in [3.63, 3.8) is 0 Å². The third kappa shape index (κ3) is 5.55. The van der Waals surface area contributed by atoms with E-state index < -0.39 is 45.6 Å². The molecule has 21 heavy (non-hydrogen) atoms. The molecule has 11 heteroatoms. The zero-order chi connectivity index (χ0) is 16.3. The summed E-state index contributed by atoms with van der Waals surface area (Å²) in [5, 5.41) is 8.61. The van der Waals surface area contributed by atoms with E-state index in [2.05, 4.69) is 9.72 Å². The van der Waals surface area contributed by atoms with E-state index >= 15 is 0 Å². The van der Waals surface area contributed by atoms with Crippen LogP contribution < -0.4 is 9.46 Å². The third-order valence-corrected chi connectivity index (χ3v) is 3.63. The highest BCUT2D eigenvalue weighted by Gasteiger charge is 2.29. The number of sulfonamides is 1. The van der Waals surface area contributed by atoms with E-state index in [0.717, 1.165) is 25.3 Å². The lowest BCUT2D eigenvalue weighted by molar-refractivity contribution is -0.154. The van der Waals surface area contributed by atoms with Crippen molar-refractivity contribution in [2.24, 2.45) is 0 Å². The van der Waals surface area contributed by atoms with E-state index in [4.69, 9.17) is 5.11 Å². The molecule has 0 fully saturated rings. The highest BCUT2D eigenvalue weighted by molar-refractivity contribution is 7.89. The van der Waals surface area contributed by atoms with Crippen molar-refractivity contribution in [3.05, 3.63) is 18.3 Å². The standard InChI is InChI=1S/C10H11F3N2O5S/c1-6(9(16)17)15-21(18,19)7-2-3-8(14-4-7)20-5-10(11,12)13/h2-4,6,15H,5H2,1H3,(H,16,17). The maximum Gasteiger partial charge on any atom is 0.422 e. The van der Waals surface area contributed by atoms with Crippen molar-refractivity contribution in [2.45, 2.75) is 24.0 Å². The SMILES string of the molecule is CC(NS(=O)(=O)c1ccc(OCC(F)(F)F)nc1)C(=O)O. The highest BCUT2D eigenvalue weighted by atomic mass is 32.2. The Bertz CT molecular complexity index is 600. The second-order valence-electron chi connectivity index (χ2n) is 3.92. The van der Waals surface area contributed by atoms with Crippen molar-refractivity contribution < 1.29 is 36.2 Å². The van der Waals surface area contributed by atoms with Crippen LogP contribution in [0.1, 0.15) is 6.92 Å². The second kappa shape index (κ2) is 6.26. The van der Waals surface area contributed by atoms with Gasteiger partial charge in [-0.05, 0) is 13.0 Å². The van der Waals surface area contributed by atoms with Gasteiger partial charge in [0.2, 0.25) is 15.9 Å².